The number of aliphatic imine (C=N–C) groups is 1. The average Bonchev–Trinajstić information content (AvgIpc) is 2.78. The van der Waals surface area contributed by atoms with Crippen LogP contribution in [0.5, 0.6) is 0 Å². The van der Waals surface area contributed by atoms with Crippen molar-refractivity contribution in [3.8, 4) is 0 Å². The summed E-state index contributed by atoms with van der Waals surface area (Å²) in [7, 11) is 1.65. The van der Waals surface area contributed by atoms with Crippen LogP contribution in [0.15, 0.2) is 41.8 Å². The lowest BCUT2D eigenvalue weighted by Gasteiger charge is -2.34. The molecule has 0 radical (unpaired) electrons. The largest absolute Gasteiger partial charge is 0.404 e. The second-order valence-electron chi connectivity index (χ2n) is 7.11. The van der Waals surface area contributed by atoms with Crippen LogP contribution in [-0.2, 0) is 0 Å². The number of hydrogen-bond donors (Lipinski definition) is 4. The van der Waals surface area contributed by atoms with Crippen molar-refractivity contribution in [1.29, 1.82) is 10.8 Å². The number of allylic oxidation sites excluding steroid dienone is 1. The monoisotopic (exact) mass is 408 g/mol. The molecule has 1 aliphatic heterocycles. The van der Waals surface area contributed by atoms with Crippen molar-refractivity contribution in [1.82, 2.24) is 9.97 Å². The standard InChI is InChI=1S/C21H25FN8/c1-27-11-15(10-23)14-2-3-17(25)16(8-14)20(26)18-9-19(29-13-28-18)30-6-4-21(22,12-24)5-7-30/h2-3,8-13,24,26H,4-7,23,25H2,1H3. The molecule has 1 fully saturated rings. The molecule has 0 unspecified atom stereocenters. The highest BCUT2D eigenvalue weighted by molar-refractivity contribution is 6.15. The first kappa shape index (κ1) is 21.1. The van der Waals surface area contributed by atoms with Crippen molar-refractivity contribution in [3.05, 3.63) is 53.6 Å². The summed E-state index contributed by atoms with van der Waals surface area (Å²) in [6.07, 6.45) is 5.82. The molecule has 0 atom stereocenters. The number of anilines is 2. The Bertz CT molecular complexity index is 1010. The average molecular weight is 408 g/mol. The molecular weight excluding hydrogens is 383 g/mol. The number of nitrogen functional groups attached to an aromatic ring is 1. The van der Waals surface area contributed by atoms with Gasteiger partial charge in [-0.1, -0.05) is 6.07 Å². The van der Waals surface area contributed by atoms with Crippen LogP contribution in [0.25, 0.3) is 5.57 Å². The zero-order valence-corrected chi connectivity index (χ0v) is 16.8. The minimum absolute atomic E-state index is 0.152. The number of piperidine rings is 1. The molecule has 156 valence electrons. The van der Waals surface area contributed by atoms with Crippen LogP contribution in [0.1, 0.15) is 29.7 Å². The molecule has 0 amide bonds. The molecule has 2 aromatic rings. The summed E-state index contributed by atoms with van der Waals surface area (Å²) in [6, 6.07) is 7.02. The number of nitrogens with two attached hydrogens (primary N) is 2. The summed E-state index contributed by atoms with van der Waals surface area (Å²) in [5.41, 5.74) is 13.3. The van der Waals surface area contributed by atoms with Crippen LogP contribution in [0.2, 0.25) is 0 Å². The zero-order chi connectivity index (χ0) is 21.7. The van der Waals surface area contributed by atoms with E-state index in [9.17, 15) is 4.39 Å². The van der Waals surface area contributed by atoms with Gasteiger partial charge in [-0.3, -0.25) is 10.4 Å². The number of hydrogen-bond acceptors (Lipinski definition) is 8. The third-order valence-electron chi connectivity index (χ3n) is 5.19. The van der Waals surface area contributed by atoms with Gasteiger partial charge >= 0.3 is 0 Å². The molecule has 0 bridgehead atoms. The van der Waals surface area contributed by atoms with Gasteiger partial charge in [0, 0.05) is 74.5 Å². The lowest BCUT2D eigenvalue weighted by molar-refractivity contribution is 0.212. The van der Waals surface area contributed by atoms with Crippen molar-refractivity contribution in [2.45, 2.75) is 18.5 Å². The lowest BCUT2D eigenvalue weighted by Crippen LogP contribution is -2.43. The maximum Gasteiger partial charge on any atom is 0.148 e. The van der Waals surface area contributed by atoms with Crippen molar-refractivity contribution in [2.75, 3.05) is 30.8 Å². The number of rotatable bonds is 6. The Balaban J connectivity index is 1.88. The first-order valence-corrected chi connectivity index (χ1v) is 9.51. The van der Waals surface area contributed by atoms with Gasteiger partial charge in [-0.15, -0.1) is 0 Å². The molecule has 3 rings (SSSR count). The Hall–Kier alpha value is -3.62. The third-order valence-corrected chi connectivity index (χ3v) is 5.19. The summed E-state index contributed by atoms with van der Waals surface area (Å²) in [5.74, 6) is 0.618. The van der Waals surface area contributed by atoms with E-state index >= 15 is 0 Å². The van der Waals surface area contributed by atoms with Crippen LogP contribution in [-0.4, -0.2) is 53.9 Å². The number of halogens is 1. The van der Waals surface area contributed by atoms with E-state index in [4.69, 9.17) is 22.3 Å². The van der Waals surface area contributed by atoms with Gasteiger partial charge in [0.1, 0.15) is 17.8 Å². The number of nitrogens with one attached hydrogen (secondary N) is 2. The Kier molecular flexibility index (Phi) is 6.20. The highest BCUT2D eigenvalue weighted by Gasteiger charge is 2.33. The van der Waals surface area contributed by atoms with Gasteiger partial charge in [-0.05, 0) is 17.7 Å². The van der Waals surface area contributed by atoms with E-state index in [1.807, 2.05) is 11.0 Å². The van der Waals surface area contributed by atoms with E-state index in [0.29, 0.717) is 41.4 Å². The summed E-state index contributed by atoms with van der Waals surface area (Å²) in [5, 5.41) is 15.9. The zero-order valence-electron chi connectivity index (χ0n) is 16.8. The van der Waals surface area contributed by atoms with Gasteiger partial charge in [0.15, 0.2) is 0 Å². The third kappa shape index (κ3) is 4.35. The van der Waals surface area contributed by atoms with Crippen molar-refractivity contribution < 1.29 is 4.39 Å². The Morgan fingerprint density at radius 1 is 1.27 bits per heavy atom. The molecule has 2 heterocycles. The van der Waals surface area contributed by atoms with Gasteiger partial charge in [-0.2, -0.15) is 0 Å². The Labute approximate surface area is 174 Å². The molecule has 1 aromatic heterocycles. The highest BCUT2D eigenvalue weighted by Crippen LogP contribution is 2.28. The molecule has 0 aliphatic carbocycles. The predicted molar refractivity (Wildman–Crippen MR) is 119 cm³/mol. The molecule has 0 saturated carbocycles. The van der Waals surface area contributed by atoms with Gasteiger partial charge < -0.3 is 21.8 Å². The van der Waals surface area contributed by atoms with Gasteiger partial charge in [0.25, 0.3) is 0 Å². The highest BCUT2D eigenvalue weighted by atomic mass is 19.1. The number of aromatic nitrogens is 2. The second-order valence-corrected chi connectivity index (χ2v) is 7.11. The van der Waals surface area contributed by atoms with E-state index in [1.165, 1.54) is 12.5 Å². The van der Waals surface area contributed by atoms with Crippen LogP contribution in [0.3, 0.4) is 0 Å². The number of nitrogens with zero attached hydrogens (tertiary/aromatic N) is 4. The minimum Gasteiger partial charge on any atom is -0.404 e. The van der Waals surface area contributed by atoms with E-state index in [0.717, 1.165) is 11.8 Å². The maximum atomic E-state index is 14.3. The van der Waals surface area contributed by atoms with E-state index in [-0.39, 0.29) is 18.6 Å². The molecule has 1 aromatic carbocycles. The van der Waals surface area contributed by atoms with Crippen molar-refractivity contribution in [2.24, 2.45) is 10.7 Å². The van der Waals surface area contributed by atoms with Gasteiger partial charge in [0.05, 0.1) is 11.4 Å². The fraction of sp³-hybridized carbons (Fsp3) is 0.286. The summed E-state index contributed by atoms with van der Waals surface area (Å²) in [6.45, 7) is 0.878. The molecule has 1 aliphatic rings. The van der Waals surface area contributed by atoms with Crippen LogP contribution < -0.4 is 16.4 Å². The minimum atomic E-state index is -1.55. The molecule has 9 heteroatoms. The second kappa shape index (κ2) is 8.81. The SMILES string of the molecule is CN=CC(=CN)c1ccc(N)c(C(=N)c2cc(N3CCC(F)(C=N)CC3)ncn2)c1. The fourth-order valence-electron chi connectivity index (χ4n) is 3.35. The van der Waals surface area contributed by atoms with Crippen LogP contribution >= 0.6 is 0 Å². The Morgan fingerprint density at radius 2 is 2.00 bits per heavy atom. The van der Waals surface area contributed by atoms with Crippen LogP contribution in [0.4, 0.5) is 15.9 Å². The van der Waals surface area contributed by atoms with Gasteiger partial charge in [0.2, 0.25) is 0 Å². The molecule has 1 saturated heterocycles. The first-order valence-electron chi connectivity index (χ1n) is 9.51. The molecule has 0 spiro atoms. The van der Waals surface area contributed by atoms with Crippen LogP contribution in [0, 0.1) is 10.8 Å². The normalized spacial score (nSPS) is 16.6. The number of benzene rings is 1. The molecule has 30 heavy (non-hydrogen) atoms. The lowest BCUT2D eigenvalue weighted by atomic mass is 9.94. The molecule has 6 N–H and O–H groups in total. The van der Waals surface area contributed by atoms with Crippen molar-refractivity contribution >= 4 is 35.2 Å². The van der Waals surface area contributed by atoms with E-state index < -0.39 is 5.67 Å². The first-order chi connectivity index (χ1) is 14.4. The Morgan fingerprint density at radius 3 is 2.63 bits per heavy atom. The van der Waals surface area contributed by atoms with E-state index in [2.05, 4.69) is 15.0 Å². The quantitative estimate of drug-likeness (QED) is 0.429. The van der Waals surface area contributed by atoms with E-state index in [1.54, 1.807) is 31.5 Å². The van der Waals surface area contributed by atoms with Crippen molar-refractivity contribution in [3.63, 3.8) is 0 Å². The topological polar surface area (TPSA) is 141 Å². The summed E-state index contributed by atoms with van der Waals surface area (Å²) < 4.78 is 14.3. The number of alkyl halides is 1. The predicted octanol–water partition coefficient (Wildman–Crippen LogP) is 2.43. The summed E-state index contributed by atoms with van der Waals surface area (Å²) in [4.78, 5) is 14.4. The molecule has 8 nitrogen and oxygen atoms in total. The molecular formula is C21H25FN8. The fourth-order valence-corrected chi connectivity index (χ4v) is 3.35. The van der Waals surface area contributed by atoms with Gasteiger partial charge in [-0.25, -0.2) is 14.4 Å². The summed E-state index contributed by atoms with van der Waals surface area (Å²) >= 11 is 0. The smallest absolute Gasteiger partial charge is 0.148 e. The maximum absolute atomic E-state index is 14.3.